The van der Waals surface area contributed by atoms with Gasteiger partial charge in [0.05, 0.1) is 6.17 Å². The predicted octanol–water partition coefficient (Wildman–Crippen LogP) is 6.71. The first kappa shape index (κ1) is 25.4. The van der Waals surface area contributed by atoms with Crippen LogP contribution in [0.25, 0.3) is 0 Å². The fourth-order valence-electron chi connectivity index (χ4n) is 3.32. The molecule has 0 aromatic heterocycles. The van der Waals surface area contributed by atoms with Crippen LogP contribution in [0.1, 0.15) is 130 Å². The second-order valence-electron chi connectivity index (χ2n) is 7.83. The van der Waals surface area contributed by atoms with E-state index in [0.29, 0.717) is 6.42 Å². The molecule has 0 rings (SSSR count). The maximum Gasteiger partial charge on any atom is 0.221 e. The summed E-state index contributed by atoms with van der Waals surface area (Å²) >= 11 is 0. The lowest BCUT2D eigenvalue weighted by Gasteiger charge is -2.18. The molecule has 26 heavy (non-hydrogen) atoms. The van der Waals surface area contributed by atoms with Crippen LogP contribution in [0, 0.1) is 0 Å². The second kappa shape index (κ2) is 20.7. The molecule has 0 bridgehead atoms. The van der Waals surface area contributed by atoms with Gasteiger partial charge in [-0.25, -0.2) is 0 Å². The van der Waals surface area contributed by atoms with Crippen molar-refractivity contribution in [2.75, 3.05) is 6.54 Å². The Labute approximate surface area is 164 Å². The Hall–Kier alpha value is -0.570. The molecular weight excluding hydrogens is 320 g/mol. The van der Waals surface area contributed by atoms with Crippen molar-refractivity contribution < 1.29 is 4.79 Å². The third-order valence-electron chi connectivity index (χ3n) is 5.17. The highest BCUT2D eigenvalue weighted by Crippen LogP contribution is 2.12. The monoisotopic (exact) mass is 368 g/mol. The normalized spacial score (nSPS) is 12.3. The molecule has 2 N–H and O–H groups in total. The van der Waals surface area contributed by atoms with Crippen LogP contribution in [0.5, 0.6) is 0 Å². The standard InChI is InChI=1S/C23H48N2O/c1-4-7-9-10-11-12-13-14-15-16-17-18-19-20-23(26)25-22(6-3)24-21-8-5-2/h22,24H,4-21H2,1-3H3,(H,25,26). The molecule has 0 aromatic rings. The summed E-state index contributed by atoms with van der Waals surface area (Å²) in [5.41, 5.74) is 0. The van der Waals surface area contributed by atoms with E-state index in [1.165, 1.54) is 89.9 Å². The molecule has 0 fully saturated rings. The summed E-state index contributed by atoms with van der Waals surface area (Å²) in [6, 6.07) is 0. The minimum absolute atomic E-state index is 0.149. The van der Waals surface area contributed by atoms with Crippen LogP contribution >= 0.6 is 0 Å². The summed E-state index contributed by atoms with van der Waals surface area (Å²) in [4.78, 5) is 12.0. The Bertz CT molecular complexity index is 294. The molecule has 0 saturated carbocycles. The number of amides is 1. The molecule has 156 valence electrons. The Balaban J connectivity index is 3.34. The molecule has 3 heteroatoms. The fourth-order valence-corrected chi connectivity index (χ4v) is 3.32. The minimum atomic E-state index is 0.149. The van der Waals surface area contributed by atoms with Crippen LogP contribution in [0.15, 0.2) is 0 Å². The van der Waals surface area contributed by atoms with Crippen LogP contribution in [0.2, 0.25) is 0 Å². The van der Waals surface area contributed by atoms with Crippen LogP contribution < -0.4 is 10.6 Å². The average Bonchev–Trinajstić information content (AvgIpc) is 2.64. The van der Waals surface area contributed by atoms with Gasteiger partial charge in [-0.05, 0) is 25.8 Å². The Morgan fingerprint density at radius 1 is 0.654 bits per heavy atom. The summed E-state index contributed by atoms with van der Waals surface area (Å²) in [5.74, 6) is 0.212. The van der Waals surface area contributed by atoms with Crippen LogP contribution in [-0.2, 0) is 4.79 Å². The molecular formula is C23H48N2O. The highest BCUT2D eigenvalue weighted by atomic mass is 16.1. The van der Waals surface area contributed by atoms with Crippen LogP contribution in [0.4, 0.5) is 0 Å². The molecule has 0 aliphatic carbocycles. The van der Waals surface area contributed by atoms with Gasteiger partial charge < -0.3 is 5.32 Å². The molecule has 1 amide bonds. The van der Waals surface area contributed by atoms with E-state index < -0.39 is 0 Å². The Morgan fingerprint density at radius 3 is 1.58 bits per heavy atom. The van der Waals surface area contributed by atoms with Gasteiger partial charge in [0.2, 0.25) is 5.91 Å². The third-order valence-corrected chi connectivity index (χ3v) is 5.17. The molecule has 0 spiro atoms. The quantitative estimate of drug-likeness (QED) is 0.185. The number of carbonyl (C=O) groups is 1. The number of hydrogen-bond donors (Lipinski definition) is 2. The lowest BCUT2D eigenvalue weighted by atomic mass is 10.0. The van der Waals surface area contributed by atoms with Crippen molar-refractivity contribution >= 4 is 5.91 Å². The molecule has 0 aliphatic rings. The zero-order valence-corrected chi connectivity index (χ0v) is 18.2. The number of rotatable bonds is 20. The second-order valence-corrected chi connectivity index (χ2v) is 7.83. The molecule has 1 unspecified atom stereocenters. The average molecular weight is 369 g/mol. The summed E-state index contributed by atoms with van der Waals surface area (Å²) < 4.78 is 0. The van der Waals surface area contributed by atoms with Crippen LogP contribution in [-0.4, -0.2) is 18.6 Å². The molecule has 0 aliphatic heterocycles. The topological polar surface area (TPSA) is 41.1 Å². The van der Waals surface area contributed by atoms with E-state index in [2.05, 4.69) is 31.4 Å². The van der Waals surface area contributed by atoms with Gasteiger partial charge in [-0.15, -0.1) is 0 Å². The molecule has 0 heterocycles. The van der Waals surface area contributed by atoms with E-state index >= 15 is 0 Å². The maximum atomic E-state index is 12.0. The first-order valence-corrected chi connectivity index (χ1v) is 11.8. The van der Waals surface area contributed by atoms with Gasteiger partial charge in [-0.2, -0.15) is 0 Å². The maximum absolute atomic E-state index is 12.0. The van der Waals surface area contributed by atoms with Crippen molar-refractivity contribution in [2.45, 2.75) is 136 Å². The van der Waals surface area contributed by atoms with Gasteiger partial charge in [0, 0.05) is 6.42 Å². The molecule has 0 radical (unpaired) electrons. The smallest absolute Gasteiger partial charge is 0.221 e. The molecule has 3 nitrogen and oxygen atoms in total. The lowest BCUT2D eigenvalue weighted by molar-refractivity contribution is -0.122. The van der Waals surface area contributed by atoms with Gasteiger partial charge in [-0.1, -0.05) is 104 Å². The summed E-state index contributed by atoms with van der Waals surface area (Å²) in [6.45, 7) is 7.58. The molecule has 0 aromatic carbocycles. The first-order chi connectivity index (χ1) is 12.7. The third kappa shape index (κ3) is 18.2. The summed E-state index contributed by atoms with van der Waals surface area (Å²) in [5, 5.41) is 6.54. The van der Waals surface area contributed by atoms with Crippen molar-refractivity contribution in [1.82, 2.24) is 10.6 Å². The van der Waals surface area contributed by atoms with Crippen molar-refractivity contribution in [1.29, 1.82) is 0 Å². The summed E-state index contributed by atoms with van der Waals surface area (Å²) in [7, 11) is 0. The van der Waals surface area contributed by atoms with E-state index in [0.717, 1.165) is 19.4 Å². The fraction of sp³-hybridized carbons (Fsp3) is 0.957. The van der Waals surface area contributed by atoms with E-state index in [-0.39, 0.29) is 12.1 Å². The van der Waals surface area contributed by atoms with E-state index in [1.54, 1.807) is 0 Å². The highest BCUT2D eigenvalue weighted by Gasteiger charge is 2.08. The minimum Gasteiger partial charge on any atom is -0.341 e. The predicted molar refractivity (Wildman–Crippen MR) is 115 cm³/mol. The number of hydrogen-bond acceptors (Lipinski definition) is 2. The van der Waals surface area contributed by atoms with Crippen molar-refractivity contribution in [3.8, 4) is 0 Å². The zero-order chi connectivity index (χ0) is 19.3. The zero-order valence-electron chi connectivity index (χ0n) is 18.2. The largest absolute Gasteiger partial charge is 0.341 e. The van der Waals surface area contributed by atoms with Gasteiger partial charge in [0.1, 0.15) is 0 Å². The summed E-state index contributed by atoms with van der Waals surface area (Å²) in [6.07, 6.45) is 21.7. The molecule has 1 atom stereocenters. The van der Waals surface area contributed by atoms with Gasteiger partial charge in [0.15, 0.2) is 0 Å². The van der Waals surface area contributed by atoms with Gasteiger partial charge in [-0.3, -0.25) is 10.1 Å². The number of nitrogens with one attached hydrogen (secondary N) is 2. The number of unbranched alkanes of at least 4 members (excludes halogenated alkanes) is 13. The first-order valence-electron chi connectivity index (χ1n) is 11.8. The van der Waals surface area contributed by atoms with Gasteiger partial charge >= 0.3 is 0 Å². The highest BCUT2D eigenvalue weighted by molar-refractivity contribution is 5.76. The van der Waals surface area contributed by atoms with E-state index in [4.69, 9.17) is 0 Å². The van der Waals surface area contributed by atoms with E-state index in [9.17, 15) is 4.79 Å². The van der Waals surface area contributed by atoms with E-state index in [1.807, 2.05) is 0 Å². The lowest BCUT2D eigenvalue weighted by Crippen LogP contribution is -2.45. The number of carbonyl (C=O) groups excluding carboxylic acids is 1. The van der Waals surface area contributed by atoms with Crippen LogP contribution in [0.3, 0.4) is 0 Å². The Kier molecular flexibility index (Phi) is 20.3. The SMILES string of the molecule is CCCCCCCCCCCCCCCC(=O)NC(CC)NCCCC. The van der Waals surface area contributed by atoms with Crippen molar-refractivity contribution in [3.05, 3.63) is 0 Å². The Morgan fingerprint density at radius 2 is 1.12 bits per heavy atom. The van der Waals surface area contributed by atoms with Crippen molar-refractivity contribution in [2.24, 2.45) is 0 Å². The van der Waals surface area contributed by atoms with Crippen molar-refractivity contribution in [3.63, 3.8) is 0 Å². The van der Waals surface area contributed by atoms with Gasteiger partial charge in [0.25, 0.3) is 0 Å². The molecule has 0 saturated heterocycles.